The van der Waals surface area contributed by atoms with E-state index in [0.29, 0.717) is 12.1 Å². The molecule has 21 heavy (non-hydrogen) atoms. The molecule has 3 nitrogen and oxygen atoms in total. The number of nitrogens with zero attached hydrogens (tertiary/aromatic N) is 2. The lowest BCUT2D eigenvalue weighted by atomic mass is 9.87. The zero-order chi connectivity index (χ0) is 14.5. The highest BCUT2D eigenvalue weighted by Crippen LogP contribution is 2.39. The molecule has 2 aromatic rings. The summed E-state index contributed by atoms with van der Waals surface area (Å²) in [6.45, 7) is 5.28. The molecule has 2 atom stereocenters. The lowest BCUT2D eigenvalue weighted by Gasteiger charge is -2.49. The molecule has 2 unspecified atom stereocenters. The Morgan fingerprint density at radius 2 is 2.05 bits per heavy atom. The molecule has 110 valence electrons. The van der Waals surface area contributed by atoms with Gasteiger partial charge in [0.05, 0.1) is 0 Å². The van der Waals surface area contributed by atoms with Gasteiger partial charge in [-0.1, -0.05) is 43.3 Å². The molecule has 0 radical (unpaired) electrons. The summed E-state index contributed by atoms with van der Waals surface area (Å²) in [7, 11) is 0. The first-order valence-electron chi connectivity index (χ1n) is 7.78. The van der Waals surface area contributed by atoms with Gasteiger partial charge in [-0.15, -0.1) is 0 Å². The van der Waals surface area contributed by atoms with Crippen LogP contribution >= 0.6 is 0 Å². The number of hydrogen-bond donors (Lipinski definition) is 1. The molecule has 3 heteroatoms. The van der Waals surface area contributed by atoms with E-state index < -0.39 is 0 Å². The molecule has 1 aliphatic heterocycles. The van der Waals surface area contributed by atoms with Crippen LogP contribution in [0.4, 0.5) is 0 Å². The van der Waals surface area contributed by atoms with E-state index in [1.165, 1.54) is 17.5 Å². The van der Waals surface area contributed by atoms with Crippen LogP contribution in [0.3, 0.4) is 0 Å². The topological polar surface area (TPSA) is 28.2 Å². The minimum absolute atomic E-state index is 0.502. The van der Waals surface area contributed by atoms with E-state index in [4.69, 9.17) is 0 Å². The van der Waals surface area contributed by atoms with Crippen molar-refractivity contribution < 1.29 is 0 Å². The van der Waals surface area contributed by atoms with Crippen molar-refractivity contribution in [2.75, 3.05) is 13.1 Å². The molecule has 3 rings (SSSR count). The number of likely N-dealkylation sites (tertiary alicyclic amines) is 1. The monoisotopic (exact) mass is 281 g/mol. The van der Waals surface area contributed by atoms with Crippen LogP contribution in [0.1, 0.15) is 30.5 Å². The van der Waals surface area contributed by atoms with Gasteiger partial charge >= 0.3 is 0 Å². The van der Waals surface area contributed by atoms with Crippen molar-refractivity contribution in [2.45, 2.75) is 32.0 Å². The average Bonchev–Trinajstić information content (AvgIpc) is 2.54. The number of benzene rings is 1. The van der Waals surface area contributed by atoms with Gasteiger partial charge in [-0.05, 0) is 30.2 Å². The van der Waals surface area contributed by atoms with Gasteiger partial charge in [-0.3, -0.25) is 9.88 Å². The summed E-state index contributed by atoms with van der Waals surface area (Å²) in [6, 6.07) is 16.1. The first-order valence-corrected chi connectivity index (χ1v) is 7.78. The van der Waals surface area contributed by atoms with Crippen LogP contribution in [0.5, 0.6) is 0 Å². The summed E-state index contributed by atoms with van der Waals surface area (Å²) < 4.78 is 0. The van der Waals surface area contributed by atoms with Crippen LogP contribution in [0.15, 0.2) is 54.9 Å². The predicted molar refractivity (Wildman–Crippen MR) is 85.9 cm³/mol. The minimum Gasteiger partial charge on any atom is -0.315 e. The number of nitrogens with one attached hydrogen (secondary N) is 1. The number of rotatable bonds is 6. The largest absolute Gasteiger partial charge is 0.315 e. The van der Waals surface area contributed by atoms with Gasteiger partial charge in [0.1, 0.15) is 0 Å². The van der Waals surface area contributed by atoms with E-state index in [1.54, 1.807) is 0 Å². The van der Waals surface area contributed by atoms with Crippen LogP contribution in [0.25, 0.3) is 0 Å². The Labute approximate surface area is 127 Å². The summed E-state index contributed by atoms with van der Waals surface area (Å²) in [6.07, 6.45) is 5.07. The van der Waals surface area contributed by atoms with E-state index in [0.717, 1.165) is 19.6 Å². The molecule has 1 aliphatic rings. The standard InChI is InChI=1S/C18H23N3/c1-2-19-13-17-11-18(16-9-6-10-20-12-16)21(17)14-15-7-4-3-5-8-15/h3-10,12,17-19H,2,11,13-14H2,1H3. The Hall–Kier alpha value is -1.71. The lowest BCUT2D eigenvalue weighted by molar-refractivity contribution is 0.00585. The van der Waals surface area contributed by atoms with Gasteiger partial charge in [0.25, 0.3) is 0 Å². The van der Waals surface area contributed by atoms with Crippen molar-refractivity contribution in [3.8, 4) is 0 Å². The minimum atomic E-state index is 0.502. The van der Waals surface area contributed by atoms with Gasteiger partial charge in [-0.25, -0.2) is 0 Å². The van der Waals surface area contributed by atoms with Crippen molar-refractivity contribution in [2.24, 2.45) is 0 Å². The van der Waals surface area contributed by atoms with Gasteiger partial charge in [0.2, 0.25) is 0 Å². The molecule has 1 saturated heterocycles. The fraction of sp³-hybridized carbons (Fsp3) is 0.389. The number of pyridine rings is 1. The highest BCUT2D eigenvalue weighted by Gasteiger charge is 2.38. The van der Waals surface area contributed by atoms with Crippen LogP contribution in [-0.2, 0) is 6.54 Å². The van der Waals surface area contributed by atoms with E-state index in [2.05, 4.69) is 58.5 Å². The van der Waals surface area contributed by atoms with Crippen LogP contribution in [0.2, 0.25) is 0 Å². The molecule has 0 amide bonds. The van der Waals surface area contributed by atoms with Crippen molar-refractivity contribution in [3.63, 3.8) is 0 Å². The van der Waals surface area contributed by atoms with Crippen molar-refractivity contribution in [1.82, 2.24) is 15.2 Å². The third kappa shape index (κ3) is 3.31. The average molecular weight is 281 g/mol. The highest BCUT2D eigenvalue weighted by atomic mass is 15.3. The van der Waals surface area contributed by atoms with Gasteiger partial charge < -0.3 is 5.32 Å². The Bertz CT molecular complexity index is 541. The maximum absolute atomic E-state index is 4.27. The van der Waals surface area contributed by atoms with Crippen LogP contribution in [0, 0.1) is 0 Å². The Kier molecular flexibility index (Phi) is 4.63. The van der Waals surface area contributed by atoms with Crippen molar-refractivity contribution in [1.29, 1.82) is 0 Å². The molecular weight excluding hydrogens is 258 g/mol. The van der Waals surface area contributed by atoms with Gasteiger partial charge in [-0.2, -0.15) is 0 Å². The Morgan fingerprint density at radius 3 is 2.76 bits per heavy atom. The smallest absolute Gasteiger partial charge is 0.0385 e. The molecule has 1 aromatic heterocycles. The molecule has 0 spiro atoms. The van der Waals surface area contributed by atoms with Gasteiger partial charge in [0, 0.05) is 37.6 Å². The quantitative estimate of drug-likeness (QED) is 0.882. The molecule has 1 aromatic carbocycles. The normalized spacial score (nSPS) is 22.0. The molecule has 0 saturated carbocycles. The SMILES string of the molecule is CCNCC1CC(c2cccnc2)N1Cc1ccccc1. The summed E-state index contributed by atoms with van der Waals surface area (Å²) in [5, 5.41) is 3.48. The second kappa shape index (κ2) is 6.83. The lowest BCUT2D eigenvalue weighted by Crippen LogP contribution is -2.54. The summed E-state index contributed by atoms with van der Waals surface area (Å²) >= 11 is 0. The van der Waals surface area contributed by atoms with Crippen molar-refractivity contribution >= 4 is 0 Å². The summed E-state index contributed by atoms with van der Waals surface area (Å²) in [5.74, 6) is 0. The van der Waals surface area contributed by atoms with Crippen molar-refractivity contribution in [3.05, 3.63) is 66.0 Å². The molecule has 0 bridgehead atoms. The summed E-state index contributed by atoms with van der Waals surface area (Å²) in [4.78, 5) is 6.87. The fourth-order valence-corrected chi connectivity index (χ4v) is 3.09. The maximum Gasteiger partial charge on any atom is 0.0385 e. The number of likely N-dealkylation sites (N-methyl/N-ethyl adjacent to an activating group) is 1. The maximum atomic E-state index is 4.27. The molecule has 1 N–H and O–H groups in total. The first kappa shape index (κ1) is 14.2. The van der Waals surface area contributed by atoms with Crippen LogP contribution in [-0.4, -0.2) is 29.0 Å². The second-order valence-corrected chi connectivity index (χ2v) is 5.66. The van der Waals surface area contributed by atoms with Crippen LogP contribution < -0.4 is 5.32 Å². The van der Waals surface area contributed by atoms with E-state index in [9.17, 15) is 0 Å². The third-order valence-corrected chi connectivity index (χ3v) is 4.27. The molecule has 2 heterocycles. The number of aromatic nitrogens is 1. The molecule has 0 aliphatic carbocycles. The highest BCUT2D eigenvalue weighted by molar-refractivity contribution is 5.21. The predicted octanol–water partition coefficient (Wildman–Crippen LogP) is 3.01. The summed E-state index contributed by atoms with van der Waals surface area (Å²) in [5.41, 5.74) is 2.72. The molecular formula is C18H23N3. The third-order valence-electron chi connectivity index (χ3n) is 4.27. The zero-order valence-corrected chi connectivity index (χ0v) is 12.6. The van der Waals surface area contributed by atoms with E-state index in [1.807, 2.05) is 18.5 Å². The van der Waals surface area contributed by atoms with E-state index in [-0.39, 0.29) is 0 Å². The first-order chi connectivity index (χ1) is 10.4. The Morgan fingerprint density at radius 1 is 1.19 bits per heavy atom. The Balaban J connectivity index is 1.72. The van der Waals surface area contributed by atoms with Gasteiger partial charge in [0.15, 0.2) is 0 Å². The number of hydrogen-bond acceptors (Lipinski definition) is 3. The fourth-order valence-electron chi connectivity index (χ4n) is 3.09. The molecule has 1 fully saturated rings. The van der Waals surface area contributed by atoms with E-state index >= 15 is 0 Å². The second-order valence-electron chi connectivity index (χ2n) is 5.66. The zero-order valence-electron chi connectivity index (χ0n) is 12.6.